The second-order valence-electron chi connectivity index (χ2n) is 6.73. The molecule has 0 radical (unpaired) electrons. The minimum atomic E-state index is -2.89. The summed E-state index contributed by atoms with van der Waals surface area (Å²) in [4.78, 5) is 16.3. The fourth-order valence-corrected chi connectivity index (χ4v) is 5.27. The van der Waals surface area contributed by atoms with Gasteiger partial charge in [0.2, 0.25) is 5.91 Å². The summed E-state index contributed by atoms with van der Waals surface area (Å²) in [6, 6.07) is 6.49. The van der Waals surface area contributed by atoms with Crippen LogP contribution in [0.5, 0.6) is 0 Å². The molecule has 25 heavy (non-hydrogen) atoms. The summed E-state index contributed by atoms with van der Waals surface area (Å²) in [5.41, 5.74) is 1.04. The van der Waals surface area contributed by atoms with Crippen molar-refractivity contribution in [2.24, 2.45) is 0 Å². The van der Waals surface area contributed by atoms with Crippen molar-refractivity contribution in [1.82, 2.24) is 9.80 Å². The molecule has 1 unspecified atom stereocenters. The number of sulfone groups is 1. The van der Waals surface area contributed by atoms with Gasteiger partial charge in [0.15, 0.2) is 9.84 Å². The molecular weight excluding hydrogens is 343 g/mol. The van der Waals surface area contributed by atoms with Crippen LogP contribution in [0.4, 0.5) is 4.39 Å². The van der Waals surface area contributed by atoms with E-state index in [-0.39, 0.29) is 29.3 Å². The molecule has 5 nitrogen and oxygen atoms in total. The summed E-state index contributed by atoms with van der Waals surface area (Å²) in [5, 5.41) is 0. The van der Waals surface area contributed by atoms with Crippen molar-refractivity contribution in [3.63, 3.8) is 0 Å². The van der Waals surface area contributed by atoms with E-state index in [9.17, 15) is 17.6 Å². The molecule has 1 aromatic carbocycles. The fraction of sp³-hybridized carbons (Fsp3) is 0.500. The minimum absolute atomic E-state index is 0.0814. The van der Waals surface area contributed by atoms with Gasteiger partial charge >= 0.3 is 0 Å². The van der Waals surface area contributed by atoms with E-state index in [1.165, 1.54) is 12.1 Å². The second kappa shape index (κ2) is 7.25. The lowest BCUT2D eigenvalue weighted by atomic mass is 10.1. The van der Waals surface area contributed by atoms with Crippen molar-refractivity contribution in [3.05, 3.63) is 41.7 Å². The predicted molar refractivity (Wildman–Crippen MR) is 95.3 cm³/mol. The summed E-state index contributed by atoms with van der Waals surface area (Å²) in [6.45, 7) is 4.22. The first-order chi connectivity index (χ1) is 11.9. The number of piperazine rings is 1. The highest BCUT2D eigenvalue weighted by molar-refractivity contribution is 7.91. The molecule has 1 aromatic rings. The third-order valence-corrected chi connectivity index (χ3v) is 6.74. The van der Waals surface area contributed by atoms with Gasteiger partial charge in [-0.15, -0.1) is 0 Å². The third kappa shape index (κ3) is 4.27. The normalized spacial score (nSPS) is 24.5. The van der Waals surface area contributed by atoms with Crippen LogP contribution in [0.2, 0.25) is 0 Å². The lowest BCUT2D eigenvalue weighted by Crippen LogP contribution is -2.52. The minimum Gasteiger partial charge on any atom is -0.337 e. The Morgan fingerprint density at radius 2 is 1.88 bits per heavy atom. The summed E-state index contributed by atoms with van der Waals surface area (Å²) < 4.78 is 37.0. The van der Waals surface area contributed by atoms with E-state index in [4.69, 9.17) is 0 Å². The average Bonchev–Trinajstić information content (AvgIpc) is 2.95. The molecule has 0 aliphatic carbocycles. The van der Waals surface area contributed by atoms with E-state index in [1.54, 1.807) is 30.0 Å². The van der Waals surface area contributed by atoms with Gasteiger partial charge in [-0.1, -0.05) is 18.2 Å². The van der Waals surface area contributed by atoms with Crippen molar-refractivity contribution in [3.8, 4) is 0 Å². The van der Waals surface area contributed by atoms with Crippen molar-refractivity contribution in [2.45, 2.75) is 19.4 Å². The molecule has 0 spiro atoms. The highest BCUT2D eigenvalue weighted by atomic mass is 32.2. The molecule has 2 saturated heterocycles. The van der Waals surface area contributed by atoms with E-state index in [2.05, 4.69) is 4.90 Å². The van der Waals surface area contributed by atoms with Crippen LogP contribution in [0, 0.1) is 5.82 Å². The Labute approximate surface area is 148 Å². The number of allylic oxidation sites excluding steroid dienone is 1. The first kappa shape index (κ1) is 18.1. The molecule has 0 saturated carbocycles. The molecule has 1 amide bonds. The molecule has 3 rings (SSSR count). The number of amides is 1. The van der Waals surface area contributed by atoms with Gasteiger partial charge in [-0.05, 0) is 25.0 Å². The van der Waals surface area contributed by atoms with Crippen molar-refractivity contribution >= 4 is 21.3 Å². The number of hydrogen-bond donors (Lipinski definition) is 0. The number of hydrogen-bond acceptors (Lipinski definition) is 4. The Kier molecular flexibility index (Phi) is 5.24. The molecular formula is C18H23FN2O3S. The Morgan fingerprint density at radius 1 is 1.20 bits per heavy atom. The molecule has 0 N–H and O–H groups in total. The van der Waals surface area contributed by atoms with Crippen LogP contribution >= 0.6 is 0 Å². The van der Waals surface area contributed by atoms with Gasteiger partial charge in [0.1, 0.15) is 5.82 Å². The maximum atomic E-state index is 13.8. The van der Waals surface area contributed by atoms with Gasteiger partial charge in [-0.3, -0.25) is 9.69 Å². The SMILES string of the molecule is C/C(=C/C(=O)N1CCN(C2CCS(=O)(=O)C2)CC1)c1ccccc1F. The van der Waals surface area contributed by atoms with Crippen LogP contribution in [-0.4, -0.2) is 67.9 Å². The zero-order valence-corrected chi connectivity index (χ0v) is 15.1. The van der Waals surface area contributed by atoms with Gasteiger partial charge < -0.3 is 4.90 Å². The van der Waals surface area contributed by atoms with Crippen molar-refractivity contribution < 1.29 is 17.6 Å². The Hall–Kier alpha value is -1.73. The third-order valence-electron chi connectivity index (χ3n) is 4.99. The summed E-state index contributed by atoms with van der Waals surface area (Å²) >= 11 is 0. The Bertz CT molecular complexity index is 783. The number of nitrogens with zero attached hydrogens (tertiary/aromatic N) is 2. The van der Waals surface area contributed by atoms with Crippen LogP contribution in [0.15, 0.2) is 30.3 Å². The van der Waals surface area contributed by atoms with Gasteiger partial charge in [-0.25, -0.2) is 12.8 Å². The van der Waals surface area contributed by atoms with Crippen LogP contribution < -0.4 is 0 Å². The molecule has 2 fully saturated rings. The highest BCUT2D eigenvalue weighted by Crippen LogP contribution is 2.20. The van der Waals surface area contributed by atoms with Gasteiger partial charge in [0, 0.05) is 43.9 Å². The highest BCUT2D eigenvalue weighted by Gasteiger charge is 2.34. The first-order valence-electron chi connectivity index (χ1n) is 8.52. The van der Waals surface area contributed by atoms with Crippen LogP contribution in [-0.2, 0) is 14.6 Å². The summed E-state index contributed by atoms with van der Waals surface area (Å²) in [6.07, 6.45) is 2.16. The zero-order chi connectivity index (χ0) is 18.0. The number of benzene rings is 1. The Morgan fingerprint density at radius 3 is 2.48 bits per heavy atom. The summed E-state index contributed by atoms with van der Waals surface area (Å²) in [7, 11) is -2.89. The van der Waals surface area contributed by atoms with Crippen LogP contribution in [0.25, 0.3) is 5.57 Å². The van der Waals surface area contributed by atoms with E-state index in [0.29, 0.717) is 43.7 Å². The maximum absolute atomic E-state index is 13.8. The lowest BCUT2D eigenvalue weighted by Gasteiger charge is -2.37. The van der Waals surface area contributed by atoms with Crippen molar-refractivity contribution in [2.75, 3.05) is 37.7 Å². The van der Waals surface area contributed by atoms with E-state index < -0.39 is 9.84 Å². The Balaban J connectivity index is 1.58. The molecule has 7 heteroatoms. The van der Waals surface area contributed by atoms with Crippen LogP contribution in [0.1, 0.15) is 18.9 Å². The molecule has 0 aromatic heterocycles. The average molecular weight is 366 g/mol. The maximum Gasteiger partial charge on any atom is 0.246 e. The smallest absolute Gasteiger partial charge is 0.246 e. The topological polar surface area (TPSA) is 57.7 Å². The van der Waals surface area contributed by atoms with E-state index in [1.807, 2.05) is 0 Å². The van der Waals surface area contributed by atoms with E-state index >= 15 is 0 Å². The molecule has 2 aliphatic heterocycles. The number of carbonyl (C=O) groups excluding carboxylic acids is 1. The molecule has 0 bridgehead atoms. The number of rotatable bonds is 3. The quantitative estimate of drug-likeness (QED) is 0.762. The monoisotopic (exact) mass is 366 g/mol. The van der Waals surface area contributed by atoms with Crippen molar-refractivity contribution in [1.29, 1.82) is 0 Å². The molecule has 136 valence electrons. The van der Waals surface area contributed by atoms with Crippen LogP contribution in [0.3, 0.4) is 0 Å². The second-order valence-corrected chi connectivity index (χ2v) is 8.95. The first-order valence-corrected chi connectivity index (χ1v) is 10.3. The van der Waals surface area contributed by atoms with Gasteiger partial charge in [0.25, 0.3) is 0 Å². The van der Waals surface area contributed by atoms with E-state index in [0.717, 1.165) is 0 Å². The number of carbonyl (C=O) groups is 1. The molecule has 2 heterocycles. The molecule has 1 atom stereocenters. The zero-order valence-electron chi connectivity index (χ0n) is 14.3. The standard InChI is InChI=1S/C18H23FN2O3S/c1-14(16-4-2-3-5-17(16)19)12-18(22)21-9-7-20(8-10-21)15-6-11-25(23,24)13-15/h2-5,12,15H,6-11,13H2,1H3/b14-12-. The summed E-state index contributed by atoms with van der Waals surface area (Å²) in [5.74, 6) is 0.0324. The van der Waals surface area contributed by atoms with Gasteiger partial charge in [-0.2, -0.15) is 0 Å². The largest absolute Gasteiger partial charge is 0.337 e. The number of halogens is 1. The molecule has 2 aliphatic rings. The lowest BCUT2D eigenvalue weighted by molar-refractivity contribution is -0.127. The van der Waals surface area contributed by atoms with Gasteiger partial charge in [0.05, 0.1) is 11.5 Å². The predicted octanol–water partition coefficient (Wildman–Crippen LogP) is 1.56. The fourth-order valence-electron chi connectivity index (χ4n) is 3.51.